The zero-order valence-electron chi connectivity index (χ0n) is 11.3. The lowest BCUT2D eigenvalue weighted by molar-refractivity contribution is -0.922. The number of quaternary nitrogens is 1. The van der Waals surface area contributed by atoms with Crippen molar-refractivity contribution < 1.29 is 4.48 Å². The maximum atomic E-state index is 2.57. The minimum absolute atomic E-state index is 1.32. The molecule has 0 amide bonds. The molecule has 0 aliphatic carbocycles. The molecule has 0 spiro atoms. The van der Waals surface area contributed by atoms with Crippen molar-refractivity contribution in [1.29, 1.82) is 0 Å². The molecule has 0 atom stereocenters. The van der Waals surface area contributed by atoms with Gasteiger partial charge in [0.2, 0.25) is 0 Å². The number of rotatable bonds is 0. The molecule has 98 valence electrons. The Balaban J connectivity index is 0.000000107. The molecular weight excluding hydrogens is 212 g/mol. The van der Waals surface area contributed by atoms with Crippen molar-refractivity contribution in [3.05, 3.63) is 0 Å². The highest BCUT2D eigenvalue weighted by molar-refractivity contribution is 4.78. The van der Waals surface area contributed by atoms with E-state index < -0.39 is 0 Å². The van der Waals surface area contributed by atoms with Crippen molar-refractivity contribution in [1.82, 2.24) is 14.7 Å². The van der Waals surface area contributed by atoms with Crippen LogP contribution in [0.2, 0.25) is 0 Å². The molecule has 0 aromatic rings. The first kappa shape index (κ1) is 11.9. The van der Waals surface area contributed by atoms with Crippen LogP contribution in [0.4, 0.5) is 0 Å². The van der Waals surface area contributed by atoms with E-state index >= 15 is 0 Å². The summed E-state index contributed by atoms with van der Waals surface area (Å²) >= 11 is 0. The molecular formula is C13H27N4+. The molecule has 17 heavy (non-hydrogen) atoms. The largest absolute Gasteiger partial charge is 0.323 e. The topological polar surface area (TPSA) is 9.72 Å². The fourth-order valence-electron chi connectivity index (χ4n) is 3.34. The number of piperazine rings is 6. The van der Waals surface area contributed by atoms with E-state index in [0.717, 1.165) is 0 Å². The fraction of sp³-hybridized carbons (Fsp3) is 1.00. The van der Waals surface area contributed by atoms with Crippen LogP contribution in [0.1, 0.15) is 0 Å². The lowest BCUT2D eigenvalue weighted by atomic mass is 10.2. The maximum absolute atomic E-state index is 2.57. The number of nitrogens with zero attached hydrogens (tertiary/aromatic N) is 4. The normalized spacial score (nSPS) is 47.5. The van der Waals surface area contributed by atoms with Crippen LogP contribution in [0.25, 0.3) is 0 Å². The third-order valence-corrected chi connectivity index (χ3v) is 5.07. The van der Waals surface area contributed by atoms with Crippen LogP contribution < -0.4 is 0 Å². The Morgan fingerprint density at radius 1 is 0.529 bits per heavy atom. The molecule has 0 N–H and O–H groups in total. The summed E-state index contributed by atoms with van der Waals surface area (Å²) in [4.78, 5) is 7.66. The smallest absolute Gasteiger partial charge is 0.0914 e. The zero-order chi connectivity index (χ0) is 11.7. The Kier molecular flexibility index (Phi) is 3.39. The van der Waals surface area contributed by atoms with Crippen LogP contribution in [0, 0.1) is 0 Å². The molecule has 6 saturated heterocycles. The second-order valence-corrected chi connectivity index (χ2v) is 6.32. The molecule has 4 bridgehead atoms. The van der Waals surface area contributed by atoms with E-state index in [1.54, 1.807) is 0 Å². The molecule has 6 aliphatic heterocycles. The minimum Gasteiger partial charge on any atom is -0.323 e. The second-order valence-electron chi connectivity index (χ2n) is 6.32. The Hall–Kier alpha value is -0.160. The summed E-state index contributed by atoms with van der Waals surface area (Å²) in [7, 11) is 2.39. The van der Waals surface area contributed by atoms with Crippen LogP contribution in [-0.4, -0.2) is 105 Å². The summed E-state index contributed by atoms with van der Waals surface area (Å²) in [5.41, 5.74) is 0. The number of hydrogen-bond donors (Lipinski definition) is 0. The number of fused-ring (bicyclic) bond motifs is 6. The second kappa shape index (κ2) is 4.84. The molecule has 0 unspecified atom stereocenters. The molecule has 0 aromatic carbocycles. The van der Waals surface area contributed by atoms with Gasteiger partial charge in [0.05, 0.1) is 26.7 Å². The van der Waals surface area contributed by atoms with Crippen molar-refractivity contribution in [3.63, 3.8) is 0 Å². The lowest BCUT2D eigenvalue weighted by Gasteiger charge is -2.48. The molecule has 6 rings (SSSR count). The monoisotopic (exact) mass is 239 g/mol. The predicted molar refractivity (Wildman–Crippen MR) is 70.1 cm³/mol. The Morgan fingerprint density at radius 2 is 0.824 bits per heavy atom. The SMILES string of the molecule is C1CN2CCN1CC2.C[N+]12CCN(CC1)CC2. The average molecular weight is 239 g/mol. The highest BCUT2D eigenvalue weighted by Gasteiger charge is 2.34. The minimum atomic E-state index is 1.32. The zero-order valence-corrected chi connectivity index (χ0v) is 11.3. The molecule has 0 saturated carbocycles. The highest BCUT2D eigenvalue weighted by atomic mass is 15.4. The van der Waals surface area contributed by atoms with Gasteiger partial charge in [0.25, 0.3) is 0 Å². The molecule has 6 heterocycles. The van der Waals surface area contributed by atoms with Gasteiger partial charge in [0.15, 0.2) is 0 Å². The van der Waals surface area contributed by atoms with E-state index in [2.05, 4.69) is 21.7 Å². The maximum Gasteiger partial charge on any atom is 0.0914 e. The van der Waals surface area contributed by atoms with Crippen molar-refractivity contribution in [2.75, 3.05) is 85.6 Å². The van der Waals surface area contributed by atoms with Gasteiger partial charge in [0, 0.05) is 58.9 Å². The lowest BCUT2D eigenvalue weighted by Crippen LogP contribution is -2.65. The summed E-state index contributed by atoms with van der Waals surface area (Å²) < 4.78 is 1.34. The van der Waals surface area contributed by atoms with Crippen molar-refractivity contribution >= 4 is 0 Å². The van der Waals surface area contributed by atoms with E-state index in [0.29, 0.717) is 0 Å². The van der Waals surface area contributed by atoms with Gasteiger partial charge < -0.3 is 4.48 Å². The summed E-state index contributed by atoms with van der Waals surface area (Å²) in [6.07, 6.45) is 0. The highest BCUT2D eigenvalue weighted by Crippen LogP contribution is 2.15. The standard InChI is InChI=1S/C7H15N2.C6H12N2/c1-9-5-2-8(3-6-9)4-7-9;1-2-8-5-3-7(1)4-6-8/h2-7H2,1H3;1-6H2/q+1;. The van der Waals surface area contributed by atoms with E-state index in [4.69, 9.17) is 0 Å². The first-order valence-electron chi connectivity index (χ1n) is 7.24. The summed E-state index contributed by atoms with van der Waals surface area (Å²) in [6.45, 7) is 16.1. The van der Waals surface area contributed by atoms with Gasteiger partial charge in [-0.25, -0.2) is 0 Å². The Morgan fingerprint density at radius 3 is 1.00 bits per heavy atom. The summed E-state index contributed by atoms with van der Waals surface area (Å²) in [5, 5.41) is 0. The third-order valence-electron chi connectivity index (χ3n) is 5.07. The van der Waals surface area contributed by atoms with E-state index in [1.807, 2.05) is 0 Å². The Bertz CT molecular complexity index is 215. The van der Waals surface area contributed by atoms with Gasteiger partial charge in [0.1, 0.15) is 0 Å². The molecule has 0 aromatic heterocycles. The van der Waals surface area contributed by atoms with Crippen molar-refractivity contribution in [3.8, 4) is 0 Å². The first-order chi connectivity index (χ1) is 8.23. The molecule has 4 nitrogen and oxygen atoms in total. The third kappa shape index (κ3) is 2.81. The molecule has 0 radical (unpaired) electrons. The summed E-state index contributed by atoms with van der Waals surface area (Å²) in [5.74, 6) is 0. The number of likely N-dealkylation sites (N-methyl/N-ethyl adjacent to an activating group) is 1. The van der Waals surface area contributed by atoms with Crippen LogP contribution >= 0.6 is 0 Å². The van der Waals surface area contributed by atoms with E-state index in [1.165, 1.54) is 83.0 Å². The first-order valence-corrected chi connectivity index (χ1v) is 7.24. The predicted octanol–water partition coefficient (Wildman–Crippen LogP) is -0.620. The summed E-state index contributed by atoms with van der Waals surface area (Å²) in [6, 6.07) is 0. The number of hydrogen-bond acceptors (Lipinski definition) is 3. The quantitative estimate of drug-likeness (QED) is 0.522. The van der Waals surface area contributed by atoms with Crippen LogP contribution in [0.3, 0.4) is 0 Å². The van der Waals surface area contributed by atoms with Gasteiger partial charge in [-0.2, -0.15) is 0 Å². The van der Waals surface area contributed by atoms with Gasteiger partial charge in [-0.1, -0.05) is 0 Å². The van der Waals surface area contributed by atoms with Crippen molar-refractivity contribution in [2.24, 2.45) is 0 Å². The van der Waals surface area contributed by atoms with Gasteiger partial charge in [-0.15, -0.1) is 0 Å². The average Bonchev–Trinajstić information content (AvgIpc) is 2.43. The fourth-order valence-corrected chi connectivity index (χ4v) is 3.34. The molecule has 6 aliphatic rings. The van der Waals surface area contributed by atoms with Gasteiger partial charge in [-0.05, 0) is 0 Å². The van der Waals surface area contributed by atoms with Crippen LogP contribution in [-0.2, 0) is 0 Å². The van der Waals surface area contributed by atoms with Gasteiger partial charge in [-0.3, -0.25) is 14.7 Å². The molecule has 4 heteroatoms. The van der Waals surface area contributed by atoms with Crippen molar-refractivity contribution in [2.45, 2.75) is 0 Å². The van der Waals surface area contributed by atoms with Gasteiger partial charge >= 0.3 is 0 Å². The van der Waals surface area contributed by atoms with Crippen LogP contribution in [0.5, 0.6) is 0 Å². The van der Waals surface area contributed by atoms with E-state index in [-0.39, 0.29) is 0 Å². The molecule has 6 fully saturated rings. The van der Waals surface area contributed by atoms with E-state index in [9.17, 15) is 0 Å². The van der Waals surface area contributed by atoms with Crippen LogP contribution in [0.15, 0.2) is 0 Å². The Labute approximate surface area is 105 Å².